The Hall–Kier alpha value is -4.44. The molecule has 0 amide bonds. The lowest BCUT2D eigenvalue weighted by molar-refractivity contribution is 0.354. The van der Waals surface area contributed by atoms with Gasteiger partial charge in [0.2, 0.25) is 0 Å². The van der Waals surface area contributed by atoms with Crippen LogP contribution >= 0.6 is 15.5 Å². The zero-order valence-electron chi connectivity index (χ0n) is 34.6. The molecule has 5 aromatic rings. The highest BCUT2D eigenvalue weighted by atomic mass is 31.2. The third-order valence-corrected chi connectivity index (χ3v) is 13.1. The van der Waals surface area contributed by atoms with E-state index >= 15 is 4.57 Å². The maximum Gasteiger partial charge on any atom is 0.570 e. The van der Waals surface area contributed by atoms with Crippen molar-refractivity contribution in [2.24, 2.45) is 4.52 Å². The third kappa shape index (κ3) is 9.08. The fraction of sp³-hybridized carbons (Fsp3) is 0.333. The van der Waals surface area contributed by atoms with Crippen LogP contribution < -0.4 is 22.6 Å². The predicted molar refractivity (Wildman–Crippen MR) is 223 cm³/mol. The van der Waals surface area contributed by atoms with E-state index in [0.29, 0.717) is 28.7 Å². The SMILES string of the molecule is Cc1cc(C)c(OP(=O)(N=P(Oc2c(C)cc(C)cc2C)(Oc2c(C)cc(C)cc2C)Oc2c(C)cc(C)cc2C)Oc2c(C)cc(C)cc2C)c(C)c1. The lowest BCUT2D eigenvalue weighted by atomic mass is 10.1. The molecule has 0 fully saturated rings. The van der Waals surface area contributed by atoms with Crippen molar-refractivity contribution in [1.29, 1.82) is 0 Å². The van der Waals surface area contributed by atoms with Crippen molar-refractivity contribution in [3.8, 4) is 28.7 Å². The molecule has 0 N–H and O–H groups in total. The Bertz CT molecular complexity index is 2050. The van der Waals surface area contributed by atoms with Crippen LogP contribution in [0.3, 0.4) is 0 Å². The Kier molecular flexibility index (Phi) is 11.9. The summed E-state index contributed by atoms with van der Waals surface area (Å²) in [6.45, 7) is 29.7. The van der Waals surface area contributed by atoms with E-state index in [1.165, 1.54) is 0 Å². The summed E-state index contributed by atoms with van der Waals surface area (Å²) in [5, 5.41) is 0. The monoisotopic (exact) mass is 767 g/mol. The van der Waals surface area contributed by atoms with Crippen LogP contribution in [0.2, 0.25) is 0 Å². The number of benzene rings is 5. The molecule has 0 aromatic heterocycles. The van der Waals surface area contributed by atoms with Gasteiger partial charge >= 0.3 is 15.5 Å². The summed E-state index contributed by atoms with van der Waals surface area (Å²) >= 11 is 0. The van der Waals surface area contributed by atoms with Crippen molar-refractivity contribution in [1.82, 2.24) is 0 Å². The molecular formula is C45H55NO6P2. The Morgan fingerprint density at radius 3 is 0.667 bits per heavy atom. The van der Waals surface area contributed by atoms with Crippen LogP contribution in [0.5, 0.6) is 28.7 Å². The molecule has 5 rings (SSSR count). The van der Waals surface area contributed by atoms with Gasteiger partial charge in [0.05, 0.1) is 0 Å². The van der Waals surface area contributed by atoms with Crippen molar-refractivity contribution >= 4 is 15.5 Å². The van der Waals surface area contributed by atoms with Gasteiger partial charge in [-0.15, -0.1) is 0 Å². The third-order valence-electron chi connectivity index (χ3n) is 9.28. The average molecular weight is 768 g/mol. The topological polar surface area (TPSA) is 75.6 Å². The smallest absolute Gasteiger partial charge is 0.400 e. The minimum Gasteiger partial charge on any atom is -0.400 e. The van der Waals surface area contributed by atoms with E-state index in [9.17, 15) is 0 Å². The molecule has 0 radical (unpaired) electrons. The molecule has 0 saturated heterocycles. The van der Waals surface area contributed by atoms with Gasteiger partial charge in [0.15, 0.2) is 0 Å². The van der Waals surface area contributed by atoms with Gasteiger partial charge in [-0.05, 0) is 159 Å². The minimum absolute atomic E-state index is 0.404. The van der Waals surface area contributed by atoms with E-state index in [1.807, 2.05) is 165 Å². The summed E-state index contributed by atoms with van der Waals surface area (Å²) in [5.41, 5.74) is 13.6. The standard InChI is InChI=1S/C45H55NO6P2/c1-26-16-31(6)41(32(7)17-26)48-53(47,49-42-33(8)18-27(2)19-34(42)9)46-54(50-43-35(10)20-28(3)21-36(43)11,51-44-37(12)22-29(4)23-38(44)13)52-45-39(14)24-30(5)25-40(45)15/h16-25H,1-15H3. The van der Waals surface area contributed by atoms with Gasteiger partial charge in [-0.2, -0.15) is 0 Å². The van der Waals surface area contributed by atoms with Crippen molar-refractivity contribution in [3.63, 3.8) is 0 Å². The summed E-state index contributed by atoms with van der Waals surface area (Å²) in [4.78, 5) is 0. The summed E-state index contributed by atoms with van der Waals surface area (Å²) in [6.07, 6.45) is 0. The molecule has 0 heterocycles. The average Bonchev–Trinajstić information content (AvgIpc) is 3.02. The molecule has 0 aliphatic carbocycles. The molecule has 0 bridgehead atoms. The minimum atomic E-state index is -4.65. The summed E-state index contributed by atoms with van der Waals surface area (Å²) in [6, 6.07) is 20.1. The van der Waals surface area contributed by atoms with Crippen LogP contribution in [0.25, 0.3) is 0 Å². The highest BCUT2D eigenvalue weighted by Crippen LogP contribution is 2.65. The van der Waals surface area contributed by atoms with E-state index in [2.05, 4.69) is 0 Å². The fourth-order valence-corrected chi connectivity index (χ4v) is 12.0. The molecule has 0 unspecified atom stereocenters. The second-order valence-electron chi connectivity index (χ2n) is 15.1. The molecule has 0 saturated carbocycles. The fourth-order valence-electron chi connectivity index (χ4n) is 7.43. The van der Waals surface area contributed by atoms with E-state index in [-0.39, 0.29) is 0 Å². The molecule has 9 heteroatoms. The first-order valence-electron chi connectivity index (χ1n) is 18.3. The van der Waals surface area contributed by atoms with Crippen molar-refractivity contribution < 1.29 is 27.2 Å². The zero-order valence-corrected chi connectivity index (χ0v) is 36.4. The number of aryl methyl sites for hydroxylation is 15. The highest BCUT2D eigenvalue weighted by Gasteiger charge is 2.43. The molecule has 286 valence electrons. The largest absolute Gasteiger partial charge is 0.570 e. The number of hydrogen-bond acceptors (Lipinski definition) is 6. The zero-order chi connectivity index (χ0) is 39.9. The summed E-state index contributed by atoms with van der Waals surface area (Å²) in [5.74, 6) is 2.35. The van der Waals surface area contributed by atoms with E-state index in [1.54, 1.807) is 0 Å². The van der Waals surface area contributed by atoms with Crippen molar-refractivity contribution in [2.45, 2.75) is 104 Å². The summed E-state index contributed by atoms with van der Waals surface area (Å²) < 4.78 is 55.6. The maximum absolute atomic E-state index is 16.0. The highest BCUT2D eigenvalue weighted by molar-refractivity contribution is 7.64. The van der Waals surface area contributed by atoms with Gasteiger partial charge in [0.1, 0.15) is 28.7 Å². The number of hydrogen-bond donors (Lipinski definition) is 0. The first-order valence-corrected chi connectivity index (χ1v) is 21.3. The van der Waals surface area contributed by atoms with E-state index in [4.69, 9.17) is 27.1 Å². The van der Waals surface area contributed by atoms with Gasteiger partial charge < -0.3 is 22.6 Å². The Morgan fingerprint density at radius 1 is 0.315 bits per heavy atom. The van der Waals surface area contributed by atoms with Crippen LogP contribution in [-0.2, 0) is 4.57 Å². The second kappa shape index (κ2) is 15.7. The maximum atomic E-state index is 16.0. The molecule has 0 spiro atoms. The first-order chi connectivity index (χ1) is 25.2. The van der Waals surface area contributed by atoms with Gasteiger partial charge in [0.25, 0.3) is 0 Å². The van der Waals surface area contributed by atoms with Crippen LogP contribution in [0.4, 0.5) is 0 Å². The van der Waals surface area contributed by atoms with Gasteiger partial charge in [-0.1, -0.05) is 93.0 Å². The second-order valence-corrected chi connectivity index (χ2v) is 18.6. The van der Waals surface area contributed by atoms with Gasteiger partial charge in [-0.25, -0.2) is 4.57 Å². The molecule has 0 aliphatic rings. The van der Waals surface area contributed by atoms with Crippen molar-refractivity contribution in [2.75, 3.05) is 0 Å². The number of rotatable bonds is 11. The molecule has 7 nitrogen and oxygen atoms in total. The van der Waals surface area contributed by atoms with E-state index < -0.39 is 15.5 Å². The normalized spacial score (nSPS) is 11.7. The first kappa shape index (κ1) is 40.7. The molecule has 5 aromatic carbocycles. The van der Waals surface area contributed by atoms with Crippen LogP contribution in [0.15, 0.2) is 65.2 Å². The Balaban J connectivity index is 1.93. The molecule has 0 aliphatic heterocycles. The van der Waals surface area contributed by atoms with Gasteiger partial charge in [-0.3, -0.25) is 0 Å². The summed E-state index contributed by atoms with van der Waals surface area (Å²) in [7, 11) is -8.89. The molecule has 54 heavy (non-hydrogen) atoms. The van der Waals surface area contributed by atoms with Gasteiger partial charge in [0, 0.05) is 0 Å². The number of nitrogens with zero attached hydrogens (tertiary/aromatic N) is 1. The van der Waals surface area contributed by atoms with E-state index in [0.717, 1.165) is 83.5 Å². The van der Waals surface area contributed by atoms with Crippen LogP contribution in [0, 0.1) is 104 Å². The Labute approximate surface area is 322 Å². The predicted octanol–water partition coefficient (Wildman–Crippen LogP) is 14.1. The quantitative estimate of drug-likeness (QED) is 0.125. The lowest BCUT2D eigenvalue weighted by Gasteiger charge is -2.30. The molecular weight excluding hydrogens is 712 g/mol. The Morgan fingerprint density at radius 2 is 0.481 bits per heavy atom. The van der Waals surface area contributed by atoms with Crippen LogP contribution in [0.1, 0.15) is 83.5 Å². The van der Waals surface area contributed by atoms with Crippen LogP contribution in [-0.4, -0.2) is 0 Å². The molecule has 0 atom stereocenters. The van der Waals surface area contributed by atoms with Crippen molar-refractivity contribution in [3.05, 3.63) is 144 Å². The lowest BCUT2D eigenvalue weighted by Crippen LogP contribution is -2.14.